The van der Waals surface area contributed by atoms with Crippen molar-refractivity contribution in [2.24, 2.45) is 11.7 Å². The van der Waals surface area contributed by atoms with Gasteiger partial charge in [-0.3, -0.25) is 4.79 Å². The van der Waals surface area contributed by atoms with Gasteiger partial charge in [0.25, 0.3) is 0 Å². The number of hydrogen-bond acceptors (Lipinski definition) is 2. The van der Waals surface area contributed by atoms with Gasteiger partial charge in [0.1, 0.15) is 5.82 Å². The van der Waals surface area contributed by atoms with Crippen molar-refractivity contribution in [2.45, 2.75) is 51.0 Å². The van der Waals surface area contributed by atoms with Crippen molar-refractivity contribution in [2.75, 3.05) is 6.54 Å². The van der Waals surface area contributed by atoms with Crippen LogP contribution in [-0.4, -0.2) is 18.5 Å². The summed E-state index contributed by atoms with van der Waals surface area (Å²) in [5.41, 5.74) is 6.80. The Labute approximate surface area is 138 Å². The fraction of sp³-hybridized carbons (Fsp3) is 0.588. The van der Waals surface area contributed by atoms with Crippen molar-refractivity contribution >= 4 is 18.3 Å². The van der Waals surface area contributed by atoms with E-state index in [1.54, 1.807) is 12.1 Å². The second kappa shape index (κ2) is 9.80. The maximum Gasteiger partial charge on any atom is 0.220 e. The van der Waals surface area contributed by atoms with E-state index < -0.39 is 0 Å². The maximum absolute atomic E-state index is 12.8. The zero-order chi connectivity index (χ0) is 15.1. The van der Waals surface area contributed by atoms with Crippen molar-refractivity contribution in [3.8, 4) is 0 Å². The van der Waals surface area contributed by atoms with Crippen LogP contribution in [0.3, 0.4) is 0 Å². The molecule has 2 rings (SSSR count). The summed E-state index contributed by atoms with van der Waals surface area (Å²) in [4.78, 5) is 12.1. The van der Waals surface area contributed by atoms with Crippen molar-refractivity contribution in [3.63, 3.8) is 0 Å². The van der Waals surface area contributed by atoms with E-state index >= 15 is 0 Å². The van der Waals surface area contributed by atoms with Gasteiger partial charge in [-0.05, 0) is 42.9 Å². The Kier molecular flexibility index (Phi) is 8.43. The lowest BCUT2D eigenvalue weighted by Gasteiger charge is -2.30. The van der Waals surface area contributed by atoms with Crippen LogP contribution in [0.1, 0.15) is 44.1 Å². The molecule has 1 fully saturated rings. The Morgan fingerprint density at radius 3 is 2.45 bits per heavy atom. The van der Waals surface area contributed by atoms with Crippen molar-refractivity contribution < 1.29 is 9.18 Å². The van der Waals surface area contributed by atoms with Crippen LogP contribution >= 0.6 is 12.4 Å². The summed E-state index contributed by atoms with van der Waals surface area (Å²) in [6.07, 6.45) is 7.18. The van der Waals surface area contributed by atoms with Gasteiger partial charge in [0.05, 0.1) is 0 Å². The molecule has 1 amide bonds. The molecule has 0 bridgehead atoms. The van der Waals surface area contributed by atoms with E-state index in [9.17, 15) is 9.18 Å². The van der Waals surface area contributed by atoms with Crippen LogP contribution in [-0.2, 0) is 11.2 Å². The monoisotopic (exact) mass is 328 g/mol. The predicted molar refractivity (Wildman–Crippen MR) is 89.5 cm³/mol. The van der Waals surface area contributed by atoms with Crippen LogP contribution in [0.2, 0.25) is 0 Å². The molecule has 1 aromatic carbocycles. The minimum absolute atomic E-state index is 0. The van der Waals surface area contributed by atoms with Gasteiger partial charge < -0.3 is 11.1 Å². The Hall–Kier alpha value is -1.13. The SMILES string of the molecule is Cl.NCC(NC(=O)CCc1ccc(F)cc1)C1CCCCC1. The minimum atomic E-state index is -0.247. The van der Waals surface area contributed by atoms with Gasteiger partial charge in [0, 0.05) is 19.0 Å². The average molecular weight is 329 g/mol. The zero-order valence-corrected chi connectivity index (χ0v) is 13.7. The molecule has 1 aromatic rings. The van der Waals surface area contributed by atoms with E-state index in [2.05, 4.69) is 5.32 Å². The molecule has 124 valence electrons. The number of nitrogens with two attached hydrogens (primary N) is 1. The molecule has 0 aromatic heterocycles. The molecular formula is C17H26ClFN2O. The lowest BCUT2D eigenvalue weighted by Crippen LogP contribution is -2.45. The van der Waals surface area contributed by atoms with E-state index in [1.165, 1.54) is 44.2 Å². The highest BCUT2D eigenvalue weighted by Crippen LogP contribution is 2.26. The van der Waals surface area contributed by atoms with Crippen LogP contribution in [0, 0.1) is 11.7 Å². The summed E-state index contributed by atoms with van der Waals surface area (Å²) in [6, 6.07) is 6.41. The number of carbonyl (C=O) groups is 1. The van der Waals surface area contributed by atoms with E-state index in [1.807, 2.05) is 0 Å². The van der Waals surface area contributed by atoms with Gasteiger partial charge in [0.15, 0.2) is 0 Å². The molecule has 1 aliphatic rings. The van der Waals surface area contributed by atoms with E-state index in [0.717, 1.165) is 5.56 Å². The van der Waals surface area contributed by atoms with Gasteiger partial charge in [-0.25, -0.2) is 4.39 Å². The lowest BCUT2D eigenvalue weighted by molar-refractivity contribution is -0.122. The van der Waals surface area contributed by atoms with Crippen molar-refractivity contribution in [1.29, 1.82) is 0 Å². The summed E-state index contributed by atoms with van der Waals surface area (Å²) in [7, 11) is 0. The maximum atomic E-state index is 12.8. The number of benzene rings is 1. The fourth-order valence-corrected chi connectivity index (χ4v) is 3.09. The number of amides is 1. The summed E-state index contributed by atoms with van der Waals surface area (Å²) in [6.45, 7) is 0.507. The Morgan fingerprint density at radius 2 is 1.86 bits per heavy atom. The highest BCUT2D eigenvalue weighted by molar-refractivity contribution is 5.85. The number of aryl methyl sites for hydroxylation is 1. The number of halogens is 2. The van der Waals surface area contributed by atoms with Crippen molar-refractivity contribution in [3.05, 3.63) is 35.6 Å². The molecule has 22 heavy (non-hydrogen) atoms. The first kappa shape index (κ1) is 18.9. The van der Waals surface area contributed by atoms with Crippen LogP contribution in [0.15, 0.2) is 24.3 Å². The molecule has 1 unspecified atom stereocenters. The molecular weight excluding hydrogens is 303 g/mol. The van der Waals surface area contributed by atoms with Crippen LogP contribution in [0.5, 0.6) is 0 Å². The summed E-state index contributed by atoms with van der Waals surface area (Å²) < 4.78 is 12.8. The minimum Gasteiger partial charge on any atom is -0.352 e. The quantitative estimate of drug-likeness (QED) is 0.842. The summed E-state index contributed by atoms with van der Waals surface area (Å²) in [5.74, 6) is 0.322. The predicted octanol–water partition coefficient (Wildman–Crippen LogP) is 3.20. The number of nitrogens with one attached hydrogen (secondary N) is 1. The van der Waals surface area contributed by atoms with Crippen LogP contribution in [0.4, 0.5) is 4.39 Å². The molecule has 1 aliphatic carbocycles. The molecule has 0 spiro atoms. The van der Waals surface area contributed by atoms with E-state index in [4.69, 9.17) is 5.73 Å². The molecule has 0 aliphatic heterocycles. The second-order valence-corrected chi connectivity index (χ2v) is 5.93. The molecule has 0 radical (unpaired) electrons. The molecule has 1 saturated carbocycles. The Bertz CT molecular complexity index is 446. The Balaban J connectivity index is 0.00000242. The van der Waals surface area contributed by atoms with Gasteiger partial charge in [-0.2, -0.15) is 0 Å². The third kappa shape index (κ3) is 5.93. The average Bonchev–Trinajstić information content (AvgIpc) is 2.53. The third-order valence-electron chi connectivity index (χ3n) is 4.37. The topological polar surface area (TPSA) is 55.1 Å². The first-order chi connectivity index (χ1) is 10.2. The molecule has 1 atom stereocenters. The van der Waals surface area contributed by atoms with Gasteiger partial charge in [-0.1, -0.05) is 31.4 Å². The van der Waals surface area contributed by atoms with E-state index in [-0.39, 0.29) is 30.2 Å². The lowest BCUT2D eigenvalue weighted by atomic mass is 9.84. The second-order valence-electron chi connectivity index (χ2n) is 5.93. The summed E-state index contributed by atoms with van der Waals surface area (Å²) >= 11 is 0. The molecule has 5 heteroatoms. The highest BCUT2D eigenvalue weighted by Gasteiger charge is 2.23. The number of carbonyl (C=O) groups excluding carboxylic acids is 1. The van der Waals surface area contributed by atoms with Gasteiger partial charge in [0.2, 0.25) is 5.91 Å². The van der Waals surface area contributed by atoms with Gasteiger partial charge >= 0.3 is 0 Å². The molecule has 0 heterocycles. The normalized spacial score (nSPS) is 16.6. The fourth-order valence-electron chi connectivity index (χ4n) is 3.09. The van der Waals surface area contributed by atoms with Crippen LogP contribution in [0.25, 0.3) is 0 Å². The largest absolute Gasteiger partial charge is 0.352 e. The number of rotatable bonds is 6. The zero-order valence-electron chi connectivity index (χ0n) is 12.9. The molecule has 3 N–H and O–H groups in total. The van der Waals surface area contributed by atoms with E-state index in [0.29, 0.717) is 25.3 Å². The van der Waals surface area contributed by atoms with Crippen LogP contribution < -0.4 is 11.1 Å². The van der Waals surface area contributed by atoms with Crippen molar-refractivity contribution in [1.82, 2.24) is 5.32 Å². The highest BCUT2D eigenvalue weighted by atomic mass is 35.5. The summed E-state index contributed by atoms with van der Waals surface area (Å²) in [5, 5.41) is 3.08. The third-order valence-corrected chi connectivity index (χ3v) is 4.37. The van der Waals surface area contributed by atoms with Gasteiger partial charge in [-0.15, -0.1) is 12.4 Å². The Morgan fingerprint density at radius 1 is 1.23 bits per heavy atom. The molecule has 3 nitrogen and oxygen atoms in total. The smallest absolute Gasteiger partial charge is 0.220 e. The first-order valence-electron chi connectivity index (χ1n) is 7.93. The first-order valence-corrected chi connectivity index (χ1v) is 7.93. The standard InChI is InChI=1S/C17H25FN2O.ClH/c18-15-9-6-13(7-10-15)8-11-17(21)20-16(12-19)14-4-2-1-3-5-14;/h6-7,9-10,14,16H,1-5,8,11-12,19H2,(H,20,21);1H. The molecule has 0 saturated heterocycles. The number of hydrogen-bond donors (Lipinski definition) is 2.